The molecular weight excluding hydrogens is 271 g/mol. The van der Waals surface area contributed by atoms with Gasteiger partial charge in [-0.3, -0.25) is 0 Å². The van der Waals surface area contributed by atoms with Crippen molar-refractivity contribution >= 4 is 17.6 Å². The number of benzene rings is 2. The summed E-state index contributed by atoms with van der Waals surface area (Å²) in [5.74, 6) is -1.46. The van der Waals surface area contributed by atoms with Crippen molar-refractivity contribution in [1.29, 1.82) is 0 Å². The lowest BCUT2D eigenvalue weighted by Crippen LogP contribution is -2.02. The van der Waals surface area contributed by atoms with Crippen molar-refractivity contribution < 1.29 is 19.0 Å². The molecule has 19 heavy (non-hydrogen) atoms. The van der Waals surface area contributed by atoms with E-state index in [1.54, 1.807) is 24.3 Å². The van der Waals surface area contributed by atoms with Crippen molar-refractivity contribution in [3.05, 3.63) is 64.4 Å². The summed E-state index contributed by atoms with van der Waals surface area (Å²) < 4.78 is 18.9. The van der Waals surface area contributed by atoms with E-state index in [0.29, 0.717) is 16.3 Å². The van der Waals surface area contributed by atoms with Crippen molar-refractivity contribution in [1.82, 2.24) is 0 Å². The van der Waals surface area contributed by atoms with Crippen LogP contribution in [-0.2, 0) is 6.61 Å². The van der Waals surface area contributed by atoms with Crippen LogP contribution in [0.2, 0.25) is 5.02 Å². The Hall–Kier alpha value is -2.07. The molecule has 0 aromatic heterocycles. The van der Waals surface area contributed by atoms with Gasteiger partial charge in [-0.05, 0) is 42.0 Å². The summed E-state index contributed by atoms with van der Waals surface area (Å²) >= 11 is 5.74. The van der Waals surface area contributed by atoms with E-state index in [1.807, 2.05) is 0 Å². The minimum absolute atomic E-state index is 0.151. The van der Waals surface area contributed by atoms with Crippen molar-refractivity contribution in [2.24, 2.45) is 0 Å². The maximum Gasteiger partial charge on any atom is 0.338 e. The second-order valence-corrected chi connectivity index (χ2v) is 4.30. The Balaban J connectivity index is 2.06. The van der Waals surface area contributed by atoms with Crippen LogP contribution in [0, 0.1) is 5.82 Å². The van der Waals surface area contributed by atoms with Gasteiger partial charge in [0.2, 0.25) is 0 Å². The Morgan fingerprint density at radius 2 is 1.89 bits per heavy atom. The van der Waals surface area contributed by atoms with Crippen LogP contribution in [0.4, 0.5) is 4.39 Å². The van der Waals surface area contributed by atoms with E-state index in [4.69, 9.17) is 21.4 Å². The molecule has 0 spiro atoms. The van der Waals surface area contributed by atoms with E-state index in [-0.39, 0.29) is 12.2 Å². The standard InChI is InChI=1S/C14H10ClFO3/c15-10-2-4-11(5-3-10)19-8-9-1-6-12(14(17)18)13(16)7-9/h1-7H,8H2,(H,17,18). The molecule has 0 aliphatic heterocycles. The number of ether oxygens (including phenoxy) is 1. The predicted molar refractivity (Wildman–Crippen MR) is 69.1 cm³/mol. The van der Waals surface area contributed by atoms with Gasteiger partial charge in [-0.2, -0.15) is 0 Å². The van der Waals surface area contributed by atoms with Crippen molar-refractivity contribution in [3.63, 3.8) is 0 Å². The maximum absolute atomic E-state index is 13.4. The van der Waals surface area contributed by atoms with Crippen LogP contribution in [0.25, 0.3) is 0 Å². The lowest BCUT2D eigenvalue weighted by atomic mass is 10.1. The summed E-state index contributed by atoms with van der Waals surface area (Å²) in [5.41, 5.74) is 0.202. The lowest BCUT2D eigenvalue weighted by molar-refractivity contribution is 0.0692. The van der Waals surface area contributed by atoms with Crippen LogP contribution >= 0.6 is 11.6 Å². The first kappa shape index (κ1) is 13.4. The number of carbonyl (C=O) groups is 1. The molecule has 0 aliphatic carbocycles. The SMILES string of the molecule is O=C(O)c1ccc(COc2ccc(Cl)cc2)cc1F. The minimum atomic E-state index is -1.29. The van der Waals surface area contributed by atoms with E-state index >= 15 is 0 Å². The Morgan fingerprint density at radius 3 is 2.47 bits per heavy atom. The summed E-state index contributed by atoms with van der Waals surface area (Å²) in [5, 5.41) is 9.31. The van der Waals surface area contributed by atoms with E-state index in [2.05, 4.69) is 0 Å². The molecule has 5 heteroatoms. The third kappa shape index (κ3) is 3.45. The average molecular weight is 281 g/mol. The zero-order valence-electron chi connectivity index (χ0n) is 9.77. The molecular formula is C14H10ClFO3. The molecule has 1 N–H and O–H groups in total. The van der Waals surface area contributed by atoms with E-state index in [0.717, 1.165) is 6.07 Å². The van der Waals surface area contributed by atoms with Crippen LogP contribution in [0.5, 0.6) is 5.75 Å². The van der Waals surface area contributed by atoms with Crippen LogP contribution in [-0.4, -0.2) is 11.1 Å². The molecule has 0 saturated heterocycles. The summed E-state index contributed by atoms with van der Waals surface area (Å²) in [6.45, 7) is 0.151. The van der Waals surface area contributed by atoms with Gasteiger partial charge < -0.3 is 9.84 Å². The van der Waals surface area contributed by atoms with Gasteiger partial charge in [0.05, 0.1) is 5.56 Å². The molecule has 0 bridgehead atoms. The fourth-order valence-electron chi connectivity index (χ4n) is 1.52. The average Bonchev–Trinajstić information content (AvgIpc) is 2.37. The number of hydrogen-bond acceptors (Lipinski definition) is 2. The number of aromatic carboxylic acids is 1. The zero-order valence-corrected chi connectivity index (χ0v) is 10.5. The normalized spacial score (nSPS) is 10.2. The first-order chi connectivity index (χ1) is 9.06. The molecule has 2 aromatic rings. The molecule has 0 heterocycles. The molecule has 0 atom stereocenters. The third-order valence-corrected chi connectivity index (χ3v) is 2.74. The number of rotatable bonds is 4. The highest BCUT2D eigenvalue weighted by Gasteiger charge is 2.10. The van der Waals surface area contributed by atoms with Gasteiger partial charge in [-0.1, -0.05) is 17.7 Å². The van der Waals surface area contributed by atoms with Gasteiger partial charge in [0.1, 0.15) is 18.2 Å². The van der Waals surface area contributed by atoms with Gasteiger partial charge in [-0.25, -0.2) is 9.18 Å². The van der Waals surface area contributed by atoms with Gasteiger partial charge in [0, 0.05) is 5.02 Å². The Bertz CT molecular complexity index is 596. The number of carboxylic acids is 1. The maximum atomic E-state index is 13.4. The van der Waals surface area contributed by atoms with Gasteiger partial charge >= 0.3 is 5.97 Å². The minimum Gasteiger partial charge on any atom is -0.489 e. The molecule has 2 rings (SSSR count). The van der Waals surface area contributed by atoms with Crippen LogP contribution in [0.1, 0.15) is 15.9 Å². The summed E-state index contributed by atoms with van der Waals surface area (Å²) in [4.78, 5) is 10.7. The van der Waals surface area contributed by atoms with Crippen LogP contribution in [0.3, 0.4) is 0 Å². The van der Waals surface area contributed by atoms with E-state index in [9.17, 15) is 9.18 Å². The molecule has 0 fully saturated rings. The highest BCUT2D eigenvalue weighted by Crippen LogP contribution is 2.18. The Labute approximate surface area is 114 Å². The van der Waals surface area contributed by atoms with E-state index < -0.39 is 11.8 Å². The zero-order chi connectivity index (χ0) is 13.8. The second-order valence-electron chi connectivity index (χ2n) is 3.86. The molecule has 2 aromatic carbocycles. The molecule has 0 saturated carbocycles. The molecule has 0 radical (unpaired) electrons. The smallest absolute Gasteiger partial charge is 0.338 e. The topological polar surface area (TPSA) is 46.5 Å². The van der Waals surface area contributed by atoms with Crippen molar-refractivity contribution in [3.8, 4) is 5.75 Å². The molecule has 0 aliphatic rings. The second kappa shape index (κ2) is 5.71. The van der Waals surface area contributed by atoms with Gasteiger partial charge in [0.25, 0.3) is 0 Å². The fraction of sp³-hybridized carbons (Fsp3) is 0.0714. The number of hydrogen-bond donors (Lipinski definition) is 1. The number of carboxylic acid groups (broad SMARTS) is 1. The molecule has 98 valence electrons. The Kier molecular flexibility index (Phi) is 4.02. The van der Waals surface area contributed by atoms with Crippen LogP contribution in [0.15, 0.2) is 42.5 Å². The first-order valence-corrected chi connectivity index (χ1v) is 5.84. The number of halogens is 2. The van der Waals surface area contributed by atoms with E-state index in [1.165, 1.54) is 12.1 Å². The van der Waals surface area contributed by atoms with Gasteiger partial charge in [-0.15, -0.1) is 0 Å². The molecule has 0 amide bonds. The van der Waals surface area contributed by atoms with Gasteiger partial charge in [0.15, 0.2) is 0 Å². The lowest BCUT2D eigenvalue weighted by Gasteiger charge is -2.07. The third-order valence-electron chi connectivity index (χ3n) is 2.48. The first-order valence-electron chi connectivity index (χ1n) is 5.46. The highest BCUT2D eigenvalue weighted by atomic mass is 35.5. The largest absolute Gasteiger partial charge is 0.489 e. The molecule has 3 nitrogen and oxygen atoms in total. The monoisotopic (exact) mass is 280 g/mol. The predicted octanol–water partition coefficient (Wildman–Crippen LogP) is 3.76. The summed E-state index contributed by atoms with van der Waals surface area (Å²) in [6.07, 6.45) is 0. The quantitative estimate of drug-likeness (QED) is 0.927. The fourth-order valence-corrected chi connectivity index (χ4v) is 1.65. The van der Waals surface area contributed by atoms with Crippen molar-refractivity contribution in [2.45, 2.75) is 6.61 Å². The summed E-state index contributed by atoms with van der Waals surface area (Å²) in [7, 11) is 0. The van der Waals surface area contributed by atoms with Crippen molar-refractivity contribution in [2.75, 3.05) is 0 Å². The van der Waals surface area contributed by atoms with Crippen LogP contribution < -0.4 is 4.74 Å². The molecule has 0 unspecified atom stereocenters. The Morgan fingerprint density at radius 1 is 1.21 bits per heavy atom. The highest BCUT2D eigenvalue weighted by molar-refractivity contribution is 6.30. The summed E-state index contributed by atoms with van der Waals surface area (Å²) in [6, 6.07) is 10.7.